The Bertz CT molecular complexity index is 667. The van der Waals surface area contributed by atoms with E-state index < -0.39 is 0 Å². The van der Waals surface area contributed by atoms with Crippen molar-refractivity contribution in [2.75, 3.05) is 0 Å². The van der Waals surface area contributed by atoms with E-state index in [0.29, 0.717) is 12.5 Å². The van der Waals surface area contributed by atoms with Crippen LogP contribution >= 0.6 is 11.3 Å². The van der Waals surface area contributed by atoms with E-state index in [4.69, 9.17) is 0 Å². The predicted molar refractivity (Wildman–Crippen MR) is 77.3 cm³/mol. The summed E-state index contributed by atoms with van der Waals surface area (Å²) < 4.78 is 3.99. The lowest BCUT2D eigenvalue weighted by Crippen LogP contribution is -2.10. The summed E-state index contributed by atoms with van der Waals surface area (Å²) in [5.74, 6) is 0.588. The van der Waals surface area contributed by atoms with Crippen molar-refractivity contribution in [2.24, 2.45) is 5.92 Å². The molecule has 0 atom stereocenters. The van der Waals surface area contributed by atoms with Crippen LogP contribution in [0.4, 0.5) is 0 Å². The van der Waals surface area contributed by atoms with Gasteiger partial charge in [0.2, 0.25) is 0 Å². The van der Waals surface area contributed by atoms with Crippen molar-refractivity contribution in [2.45, 2.75) is 26.9 Å². The second-order valence-electron chi connectivity index (χ2n) is 5.07. The first kappa shape index (κ1) is 13.0. The maximum absolute atomic E-state index is 4.24. The highest BCUT2D eigenvalue weighted by atomic mass is 32.1. The lowest BCUT2D eigenvalue weighted by atomic mass is 10.2. The summed E-state index contributed by atoms with van der Waals surface area (Å²) in [6.07, 6.45) is 7.45. The van der Waals surface area contributed by atoms with Crippen LogP contribution in [0.2, 0.25) is 0 Å². The molecule has 0 radical (unpaired) electrons. The van der Waals surface area contributed by atoms with Crippen LogP contribution in [0.15, 0.2) is 30.3 Å². The Hall–Kier alpha value is -2.02. The minimum atomic E-state index is 0.588. The first-order valence-electron chi connectivity index (χ1n) is 6.51. The minimum absolute atomic E-state index is 0.588. The molecule has 0 aromatic carbocycles. The van der Waals surface area contributed by atoms with E-state index in [1.807, 2.05) is 28.8 Å². The van der Waals surface area contributed by atoms with Crippen LogP contribution < -0.4 is 0 Å². The summed E-state index contributed by atoms with van der Waals surface area (Å²) in [4.78, 5) is 8.46. The van der Waals surface area contributed by atoms with Crippen LogP contribution in [-0.4, -0.2) is 29.5 Å². The highest BCUT2D eigenvalue weighted by Crippen LogP contribution is 2.18. The number of nitrogens with zero attached hydrogens (tertiary/aromatic N) is 6. The summed E-state index contributed by atoms with van der Waals surface area (Å²) in [5.41, 5.74) is 1.95. The van der Waals surface area contributed by atoms with Gasteiger partial charge in [-0.15, -0.1) is 16.4 Å². The van der Waals surface area contributed by atoms with Crippen LogP contribution in [0, 0.1) is 5.92 Å². The number of hydrogen-bond acceptors (Lipinski definition) is 5. The summed E-state index contributed by atoms with van der Waals surface area (Å²) in [5, 5.41) is 11.2. The van der Waals surface area contributed by atoms with Gasteiger partial charge in [-0.2, -0.15) is 0 Å². The van der Waals surface area contributed by atoms with Gasteiger partial charge in [-0.1, -0.05) is 19.1 Å². The van der Waals surface area contributed by atoms with Crippen molar-refractivity contribution in [3.63, 3.8) is 0 Å². The largest absolute Gasteiger partial charge is 0.333 e. The molecular formula is C13H16N6S. The quantitative estimate of drug-likeness (QED) is 0.722. The smallest absolute Gasteiger partial charge is 0.145 e. The molecule has 0 saturated carbocycles. The van der Waals surface area contributed by atoms with Gasteiger partial charge in [-0.05, 0) is 5.92 Å². The molecule has 0 aliphatic heterocycles. The lowest BCUT2D eigenvalue weighted by molar-refractivity contribution is 0.497. The second kappa shape index (κ2) is 5.54. The van der Waals surface area contributed by atoms with Crippen LogP contribution in [0.1, 0.15) is 19.5 Å². The summed E-state index contributed by atoms with van der Waals surface area (Å²) in [6.45, 7) is 6.02. The maximum atomic E-state index is 4.24. The number of aromatic nitrogens is 6. The summed E-state index contributed by atoms with van der Waals surface area (Å²) in [6, 6.07) is 0. The molecule has 0 aliphatic rings. The van der Waals surface area contributed by atoms with Crippen LogP contribution in [0.5, 0.6) is 0 Å². The molecule has 3 aromatic rings. The molecule has 0 spiro atoms. The van der Waals surface area contributed by atoms with Gasteiger partial charge in [0.15, 0.2) is 0 Å². The zero-order chi connectivity index (χ0) is 13.9. The monoisotopic (exact) mass is 288 g/mol. The zero-order valence-corrected chi connectivity index (χ0v) is 12.3. The Kier molecular flexibility index (Phi) is 3.60. The molecule has 3 heterocycles. The highest BCUT2D eigenvalue weighted by molar-refractivity contribution is 7.13. The van der Waals surface area contributed by atoms with Crippen molar-refractivity contribution < 1.29 is 0 Å². The molecule has 0 bridgehead atoms. The Labute approximate surface area is 121 Å². The second-order valence-corrected chi connectivity index (χ2v) is 5.96. The van der Waals surface area contributed by atoms with Gasteiger partial charge in [0.25, 0.3) is 0 Å². The highest BCUT2D eigenvalue weighted by Gasteiger charge is 2.09. The Balaban J connectivity index is 1.77. The molecule has 0 N–H and O–H groups in total. The summed E-state index contributed by atoms with van der Waals surface area (Å²) >= 11 is 1.56. The SMILES string of the molecule is CC(C)Cn1cncc1Cn1cc(-c2nccs2)nn1. The van der Waals surface area contributed by atoms with Gasteiger partial charge in [0, 0.05) is 18.1 Å². The van der Waals surface area contributed by atoms with Crippen molar-refractivity contribution in [3.8, 4) is 10.7 Å². The molecule has 3 aromatic heterocycles. The van der Waals surface area contributed by atoms with Crippen LogP contribution in [0.25, 0.3) is 10.7 Å². The van der Waals surface area contributed by atoms with Crippen LogP contribution in [0.3, 0.4) is 0 Å². The van der Waals surface area contributed by atoms with Gasteiger partial charge in [-0.25, -0.2) is 14.6 Å². The lowest BCUT2D eigenvalue weighted by Gasteiger charge is -2.10. The molecule has 0 saturated heterocycles. The number of hydrogen-bond donors (Lipinski definition) is 0. The molecule has 0 unspecified atom stereocenters. The molecule has 0 aliphatic carbocycles. The Morgan fingerprint density at radius 2 is 2.25 bits per heavy atom. The molecule has 0 amide bonds. The Morgan fingerprint density at radius 3 is 3.00 bits per heavy atom. The standard InChI is InChI=1S/C13H16N6S/c1-10(2)6-18-9-14-5-11(18)7-19-8-12(16-17-19)13-15-3-4-20-13/h3-5,8-10H,6-7H2,1-2H3. The third-order valence-corrected chi connectivity index (χ3v) is 3.67. The average molecular weight is 288 g/mol. The van der Waals surface area contributed by atoms with Gasteiger partial charge in [-0.3, -0.25) is 0 Å². The van der Waals surface area contributed by atoms with Crippen molar-refractivity contribution in [3.05, 3.63) is 36.0 Å². The number of thiazole rings is 1. The molecule has 104 valence electrons. The van der Waals surface area contributed by atoms with Crippen molar-refractivity contribution in [1.29, 1.82) is 0 Å². The van der Waals surface area contributed by atoms with E-state index in [1.54, 1.807) is 17.5 Å². The Morgan fingerprint density at radius 1 is 1.35 bits per heavy atom. The van der Waals surface area contributed by atoms with E-state index in [0.717, 1.165) is 22.9 Å². The van der Waals surface area contributed by atoms with Gasteiger partial charge in [0.1, 0.15) is 10.7 Å². The van der Waals surface area contributed by atoms with Crippen molar-refractivity contribution >= 4 is 11.3 Å². The van der Waals surface area contributed by atoms with Crippen molar-refractivity contribution in [1.82, 2.24) is 29.5 Å². The topological polar surface area (TPSA) is 61.4 Å². The van der Waals surface area contributed by atoms with E-state index in [9.17, 15) is 0 Å². The van der Waals surface area contributed by atoms with Crippen LogP contribution in [-0.2, 0) is 13.1 Å². The summed E-state index contributed by atoms with van der Waals surface area (Å²) in [7, 11) is 0. The third-order valence-electron chi connectivity index (χ3n) is 2.87. The zero-order valence-electron chi connectivity index (χ0n) is 11.5. The normalized spacial score (nSPS) is 11.3. The fourth-order valence-electron chi connectivity index (χ4n) is 2.03. The van der Waals surface area contributed by atoms with E-state index in [-0.39, 0.29) is 0 Å². The third kappa shape index (κ3) is 2.77. The van der Waals surface area contributed by atoms with Gasteiger partial charge >= 0.3 is 0 Å². The van der Waals surface area contributed by atoms with Gasteiger partial charge < -0.3 is 4.57 Å². The van der Waals surface area contributed by atoms with E-state index in [1.165, 1.54) is 0 Å². The predicted octanol–water partition coefficient (Wildman–Crippen LogP) is 2.30. The maximum Gasteiger partial charge on any atom is 0.145 e. The molecule has 6 nitrogen and oxygen atoms in total. The molecule has 7 heteroatoms. The fraction of sp³-hybridized carbons (Fsp3) is 0.385. The minimum Gasteiger partial charge on any atom is -0.333 e. The van der Waals surface area contributed by atoms with E-state index >= 15 is 0 Å². The molecule has 0 fully saturated rings. The molecule has 20 heavy (non-hydrogen) atoms. The van der Waals surface area contributed by atoms with Gasteiger partial charge in [0.05, 0.1) is 31.0 Å². The molecular weight excluding hydrogens is 272 g/mol. The number of rotatable bonds is 5. The number of imidazole rings is 1. The van der Waals surface area contributed by atoms with E-state index in [2.05, 4.69) is 38.7 Å². The first-order chi connectivity index (χ1) is 9.72. The average Bonchev–Trinajstić information content (AvgIpc) is 3.11. The first-order valence-corrected chi connectivity index (χ1v) is 7.39. The molecule has 3 rings (SSSR count). The fourth-order valence-corrected chi connectivity index (χ4v) is 2.61.